The first-order chi connectivity index (χ1) is 12.6. The van der Waals surface area contributed by atoms with Crippen LogP contribution in [0.5, 0.6) is 0 Å². The number of imidazole rings is 1. The largest absolute Gasteiger partial charge is 0.327 e. The number of halogens is 2. The lowest BCUT2D eigenvalue weighted by atomic mass is 10.00. The topological polar surface area (TPSA) is 76.2 Å². The van der Waals surface area contributed by atoms with E-state index in [1.54, 1.807) is 0 Å². The monoisotopic (exact) mass is 429 g/mol. The Balaban J connectivity index is 0.00000196. The molecule has 1 aliphatic rings. The fourth-order valence-electron chi connectivity index (χ4n) is 3.91. The Hall–Kier alpha value is -1.34. The van der Waals surface area contributed by atoms with Crippen LogP contribution in [0.15, 0.2) is 24.3 Å². The average molecular weight is 430 g/mol. The number of fused-ring (bicyclic) bond motifs is 1. The highest BCUT2D eigenvalue weighted by Gasteiger charge is 2.26. The van der Waals surface area contributed by atoms with E-state index in [2.05, 4.69) is 39.7 Å². The molecule has 0 saturated heterocycles. The van der Waals surface area contributed by atoms with Crippen LogP contribution in [0.1, 0.15) is 39.5 Å². The Bertz CT molecular complexity index is 747. The molecule has 1 aromatic heterocycles. The molecular formula is C20H33Cl2N5O. The maximum absolute atomic E-state index is 12.6. The average Bonchev–Trinajstić information content (AvgIpc) is 3.19. The predicted molar refractivity (Wildman–Crippen MR) is 121 cm³/mol. The third kappa shape index (κ3) is 5.83. The molecule has 0 bridgehead atoms. The number of benzene rings is 1. The normalized spacial score (nSPS) is 18.7. The molecule has 1 aliphatic carbocycles. The van der Waals surface area contributed by atoms with Gasteiger partial charge in [-0.1, -0.05) is 32.4 Å². The van der Waals surface area contributed by atoms with E-state index in [1.165, 1.54) is 0 Å². The van der Waals surface area contributed by atoms with Crippen LogP contribution in [0.3, 0.4) is 0 Å². The summed E-state index contributed by atoms with van der Waals surface area (Å²) in [4.78, 5) is 19.6. The molecule has 0 aliphatic heterocycles. The van der Waals surface area contributed by atoms with Gasteiger partial charge in [0.1, 0.15) is 0 Å². The number of aromatic nitrogens is 2. The lowest BCUT2D eigenvalue weighted by Gasteiger charge is -2.19. The molecular weight excluding hydrogens is 397 g/mol. The molecule has 2 atom stereocenters. The van der Waals surface area contributed by atoms with Crippen LogP contribution in [-0.2, 0) is 11.3 Å². The molecule has 8 heteroatoms. The second-order valence-electron chi connectivity index (χ2n) is 7.21. The summed E-state index contributed by atoms with van der Waals surface area (Å²) in [6, 6.07) is 8.20. The number of para-hydroxylation sites is 2. The molecule has 3 N–H and O–H groups in total. The molecule has 1 fully saturated rings. The summed E-state index contributed by atoms with van der Waals surface area (Å²) in [5.74, 6) is 0.963. The van der Waals surface area contributed by atoms with Crippen molar-refractivity contribution in [2.24, 2.45) is 11.7 Å². The smallest absolute Gasteiger partial charge is 0.227 e. The van der Waals surface area contributed by atoms with Crippen molar-refractivity contribution >= 4 is 47.7 Å². The van der Waals surface area contributed by atoms with Gasteiger partial charge in [-0.2, -0.15) is 0 Å². The molecule has 3 rings (SSSR count). The quantitative estimate of drug-likeness (QED) is 0.670. The van der Waals surface area contributed by atoms with E-state index in [9.17, 15) is 4.79 Å². The number of rotatable bonds is 8. The minimum absolute atomic E-state index is 0. The fraction of sp³-hybridized carbons (Fsp3) is 0.600. The van der Waals surface area contributed by atoms with Gasteiger partial charge in [-0.3, -0.25) is 10.1 Å². The lowest BCUT2D eigenvalue weighted by molar-refractivity contribution is -0.117. The van der Waals surface area contributed by atoms with Crippen molar-refractivity contribution in [1.82, 2.24) is 14.5 Å². The standard InChI is InChI=1S/C20H31N5O.2ClH/c1-3-24(4-2)12-13-25-18-11-6-5-10-17(18)22-20(25)23-19(26)14-15-8-7-9-16(15)21;;/h5-6,10-11,15-16H,3-4,7-9,12-14,21H2,1-2H3,(H,22,23,26);2*1H/t15-,16+;;/m0../s1. The van der Waals surface area contributed by atoms with Gasteiger partial charge in [0.15, 0.2) is 0 Å². The van der Waals surface area contributed by atoms with E-state index in [1.807, 2.05) is 18.2 Å². The van der Waals surface area contributed by atoms with Crippen molar-refractivity contribution in [2.75, 3.05) is 25.0 Å². The van der Waals surface area contributed by atoms with Gasteiger partial charge in [-0.25, -0.2) is 4.98 Å². The van der Waals surface area contributed by atoms with Crippen LogP contribution in [0, 0.1) is 5.92 Å². The summed E-state index contributed by atoms with van der Waals surface area (Å²) in [5, 5.41) is 3.05. The first kappa shape index (κ1) is 24.7. The number of carbonyl (C=O) groups excluding carboxylic acids is 1. The summed E-state index contributed by atoms with van der Waals surface area (Å²) in [6.07, 6.45) is 3.69. The van der Waals surface area contributed by atoms with E-state index < -0.39 is 0 Å². The van der Waals surface area contributed by atoms with Crippen molar-refractivity contribution in [1.29, 1.82) is 0 Å². The Morgan fingerprint density at radius 3 is 2.61 bits per heavy atom. The van der Waals surface area contributed by atoms with Gasteiger partial charge in [-0.05, 0) is 44.0 Å². The SMILES string of the molecule is CCN(CC)CCn1c(NC(=O)C[C@@H]2CCC[C@H]2N)nc2ccccc21.Cl.Cl. The van der Waals surface area contributed by atoms with Gasteiger partial charge in [0.25, 0.3) is 0 Å². The van der Waals surface area contributed by atoms with Crippen molar-refractivity contribution in [3.05, 3.63) is 24.3 Å². The number of hydrogen-bond donors (Lipinski definition) is 2. The Kier molecular flexibility index (Phi) is 10.2. The van der Waals surface area contributed by atoms with Crippen molar-refractivity contribution < 1.29 is 4.79 Å². The maximum atomic E-state index is 12.6. The minimum Gasteiger partial charge on any atom is -0.327 e. The van der Waals surface area contributed by atoms with Crippen molar-refractivity contribution in [2.45, 2.75) is 52.1 Å². The van der Waals surface area contributed by atoms with E-state index in [-0.39, 0.29) is 36.8 Å². The Labute approximate surface area is 180 Å². The minimum atomic E-state index is 0. The van der Waals surface area contributed by atoms with Crippen LogP contribution in [-0.4, -0.2) is 46.0 Å². The summed E-state index contributed by atoms with van der Waals surface area (Å²) < 4.78 is 2.13. The number of carbonyl (C=O) groups is 1. The molecule has 1 heterocycles. The van der Waals surface area contributed by atoms with Crippen LogP contribution < -0.4 is 11.1 Å². The predicted octanol–water partition coefficient (Wildman–Crippen LogP) is 3.68. The van der Waals surface area contributed by atoms with Gasteiger partial charge in [0.05, 0.1) is 11.0 Å². The maximum Gasteiger partial charge on any atom is 0.227 e. The zero-order chi connectivity index (χ0) is 18.5. The van der Waals surface area contributed by atoms with Crippen molar-refractivity contribution in [3.8, 4) is 0 Å². The van der Waals surface area contributed by atoms with Gasteiger partial charge in [-0.15, -0.1) is 24.8 Å². The van der Waals surface area contributed by atoms with E-state index >= 15 is 0 Å². The van der Waals surface area contributed by atoms with Crippen LogP contribution in [0.25, 0.3) is 11.0 Å². The molecule has 1 saturated carbocycles. The number of anilines is 1. The van der Waals surface area contributed by atoms with Gasteiger partial charge in [0, 0.05) is 25.6 Å². The highest BCUT2D eigenvalue weighted by atomic mass is 35.5. The summed E-state index contributed by atoms with van der Waals surface area (Å²) >= 11 is 0. The molecule has 0 unspecified atom stereocenters. The molecule has 2 aromatic rings. The Morgan fingerprint density at radius 1 is 1.25 bits per heavy atom. The van der Waals surface area contributed by atoms with Gasteiger partial charge in [0.2, 0.25) is 11.9 Å². The molecule has 158 valence electrons. The molecule has 0 spiro atoms. The highest BCUT2D eigenvalue weighted by Crippen LogP contribution is 2.27. The molecule has 0 radical (unpaired) electrons. The molecule has 6 nitrogen and oxygen atoms in total. The number of nitrogens with zero attached hydrogens (tertiary/aromatic N) is 3. The first-order valence-corrected chi connectivity index (χ1v) is 9.85. The lowest BCUT2D eigenvalue weighted by Crippen LogP contribution is -2.29. The number of nitrogens with one attached hydrogen (secondary N) is 1. The summed E-state index contributed by atoms with van der Waals surface area (Å²) in [6.45, 7) is 8.12. The number of amides is 1. The number of nitrogens with two attached hydrogens (primary N) is 1. The molecule has 1 aromatic carbocycles. The second-order valence-corrected chi connectivity index (χ2v) is 7.21. The summed E-state index contributed by atoms with van der Waals surface area (Å²) in [7, 11) is 0. The fourth-order valence-corrected chi connectivity index (χ4v) is 3.91. The molecule has 28 heavy (non-hydrogen) atoms. The number of hydrogen-bond acceptors (Lipinski definition) is 4. The Morgan fingerprint density at radius 2 is 1.96 bits per heavy atom. The van der Waals surface area contributed by atoms with E-state index in [0.717, 1.165) is 56.5 Å². The second kappa shape index (κ2) is 11.6. The van der Waals surface area contributed by atoms with Crippen LogP contribution in [0.2, 0.25) is 0 Å². The van der Waals surface area contributed by atoms with Crippen LogP contribution >= 0.6 is 24.8 Å². The molecule has 1 amide bonds. The number of likely N-dealkylation sites (N-methyl/N-ethyl adjacent to an activating group) is 1. The van der Waals surface area contributed by atoms with E-state index in [0.29, 0.717) is 18.3 Å². The van der Waals surface area contributed by atoms with Gasteiger partial charge >= 0.3 is 0 Å². The highest BCUT2D eigenvalue weighted by molar-refractivity contribution is 5.91. The third-order valence-electron chi connectivity index (χ3n) is 5.61. The third-order valence-corrected chi connectivity index (χ3v) is 5.61. The van der Waals surface area contributed by atoms with Gasteiger partial charge < -0.3 is 15.2 Å². The first-order valence-electron chi connectivity index (χ1n) is 9.85. The van der Waals surface area contributed by atoms with E-state index in [4.69, 9.17) is 5.73 Å². The zero-order valence-corrected chi connectivity index (χ0v) is 18.4. The van der Waals surface area contributed by atoms with Crippen molar-refractivity contribution in [3.63, 3.8) is 0 Å². The zero-order valence-electron chi connectivity index (χ0n) is 16.8. The summed E-state index contributed by atoms with van der Waals surface area (Å²) in [5.41, 5.74) is 8.10. The van der Waals surface area contributed by atoms with Crippen LogP contribution in [0.4, 0.5) is 5.95 Å².